The van der Waals surface area contributed by atoms with Crippen LogP contribution in [0.3, 0.4) is 0 Å². The zero-order valence-electron chi connectivity index (χ0n) is 13.0. The molecule has 0 fully saturated rings. The summed E-state index contributed by atoms with van der Waals surface area (Å²) in [4.78, 5) is 11.9. The maximum Gasteiger partial charge on any atom is 0.336 e. The molecule has 0 spiro atoms. The van der Waals surface area contributed by atoms with Gasteiger partial charge in [0.25, 0.3) is 0 Å². The first kappa shape index (κ1) is 16.0. The zero-order valence-corrected chi connectivity index (χ0v) is 14.5. The van der Waals surface area contributed by atoms with E-state index in [0.29, 0.717) is 21.4 Å². The lowest BCUT2D eigenvalue weighted by Crippen LogP contribution is -2.04. The molecule has 3 nitrogen and oxygen atoms in total. The van der Waals surface area contributed by atoms with Gasteiger partial charge in [-0.15, -0.1) is 0 Å². The minimum Gasteiger partial charge on any atom is -0.487 e. The van der Waals surface area contributed by atoms with E-state index in [9.17, 15) is 4.79 Å². The van der Waals surface area contributed by atoms with Crippen molar-refractivity contribution in [1.29, 1.82) is 0 Å². The molecular weight excluding hydrogens is 359 g/mol. The third-order valence-electron chi connectivity index (χ3n) is 3.99. The van der Waals surface area contributed by atoms with Crippen molar-refractivity contribution in [2.45, 2.75) is 6.61 Å². The highest BCUT2D eigenvalue weighted by Crippen LogP contribution is 2.31. The quantitative estimate of drug-likeness (QED) is 0.336. The summed E-state index contributed by atoms with van der Waals surface area (Å²) < 4.78 is 11.2. The van der Waals surface area contributed by atoms with Gasteiger partial charge in [0.2, 0.25) is 0 Å². The number of hydrogen-bond donors (Lipinski definition) is 0. The first-order chi connectivity index (χ1) is 12.1. The topological polar surface area (TPSA) is 39.4 Å². The van der Waals surface area contributed by atoms with Crippen LogP contribution in [0.1, 0.15) is 5.56 Å². The highest BCUT2D eigenvalue weighted by atomic mass is 35.5. The van der Waals surface area contributed by atoms with Gasteiger partial charge in [-0.1, -0.05) is 53.5 Å². The fraction of sp³-hybridized carbons (Fsp3) is 0.0500. The van der Waals surface area contributed by atoms with Gasteiger partial charge in [-0.2, -0.15) is 0 Å². The van der Waals surface area contributed by atoms with Crippen molar-refractivity contribution in [3.05, 3.63) is 86.7 Å². The summed E-state index contributed by atoms with van der Waals surface area (Å²) in [7, 11) is 0. The standard InChI is InChI=1S/C20H12Cl2O3/c21-14-6-7-16(22)18(10-14)24-11-13-9-19(23)25-17-8-5-12-3-1-2-4-15(12)20(13)17/h1-10H,11H2. The molecule has 0 saturated heterocycles. The zero-order chi connectivity index (χ0) is 17.4. The van der Waals surface area contributed by atoms with E-state index in [0.717, 1.165) is 21.7 Å². The number of rotatable bonds is 3. The van der Waals surface area contributed by atoms with Crippen LogP contribution in [0.15, 0.2) is 69.9 Å². The van der Waals surface area contributed by atoms with Crippen LogP contribution in [0.4, 0.5) is 0 Å². The average Bonchev–Trinajstić information content (AvgIpc) is 2.61. The summed E-state index contributed by atoms with van der Waals surface area (Å²) in [5.74, 6) is 0.468. The van der Waals surface area contributed by atoms with Crippen LogP contribution in [0, 0.1) is 0 Å². The second-order valence-electron chi connectivity index (χ2n) is 5.61. The van der Waals surface area contributed by atoms with Gasteiger partial charge < -0.3 is 9.15 Å². The summed E-state index contributed by atoms with van der Waals surface area (Å²) in [5, 5.41) is 3.91. The molecule has 0 radical (unpaired) electrons. The summed E-state index contributed by atoms with van der Waals surface area (Å²) >= 11 is 12.1. The summed E-state index contributed by atoms with van der Waals surface area (Å²) in [5.41, 5.74) is 0.847. The van der Waals surface area contributed by atoms with Crippen LogP contribution >= 0.6 is 23.2 Å². The number of halogens is 2. The smallest absolute Gasteiger partial charge is 0.336 e. The molecule has 1 heterocycles. The lowest BCUT2D eigenvalue weighted by Gasteiger charge is -2.11. The molecule has 25 heavy (non-hydrogen) atoms. The highest BCUT2D eigenvalue weighted by Gasteiger charge is 2.11. The summed E-state index contributed by atoms with van der Waals surface area (Å²) in [6.45, 7) is 0.177. The largest absolute Gasteiger partial charge is 0.487 e. The molecule has 0 aliphatic rings. The van der Waals surface area contributed by atoms with Gasteiger partial charge in [-0.25, -0.2) is 4.79 Å². The SMILES string of the molecule is O=c1cc(COc2cc(Cl)ccc2Cl)c2c(ccc3ccccc32)o1. The Bertz CT molecular complexity index is 1150. The van der Waals surface area contributed by atoms with Gasteiger partial charge in [0, 0.05) is 28.1 Å². The predicted molar refractivity (Wildman–Crippen MR) is 101 cm³/mol. The number of benzene rings is 3. The van der Waals surface area contributed by atoms with Gasteiger partial charge in [0.1, 0.15) is 17.9 Å². The van der Waals surface area contributed by atoms with Crippen LogP contribution in [0.2, 0.25) is 10.0 Å². The maximum absolute atomic E-state index is 11.9. The van der Waals surface area contributed by atoms with E-state index in [1.807, 2.05) is 30.3 Å². The molecule has 4 aromatic rings. The Morgan fingerprint density at radius 3 is 2.68 bits per heavy atom. The minimum atomic E-state index is -0.418. The van der Waals surface area contributed by atoms with Gasteiger partial charge in [0.15, 0.2) is 0 Å². The van der Waals surface area contributed by atoms with Crippen LogP contribution < -0.4 is 10.4 Å². The molecule has 0 atom stereocenters. The fourth-order valence-electron chi connectivity index (χ4n) is 2.88. The molecule has 124 valence electrons. The van der Waals surface area contributed by atoms with E-state index < -0.39 is 5.63 Å². The van der Waals surface area contributed by atoms with Crippen LogP contribution in [0.5, 0.6) is 5.75 Å². The van der Waals surface area contributed by atoms with E-state index in [1.165, 1.54) is 6.07 Å². The molecule has 1 aromatic heterocycles. The fourth-order valence-corrected chi connectivity index (χ4v) is 3.21. The Morgan fingerprint density at radius 1 is 0.960 bits per heavy atom. The van der Waals surface area contributed by atoms with E-state index in [-0.39, 0.29) is 6.61 Å². The highest BCUT2D eigenvalue weighted by molar-refractivity contribution is 6.34. The Balaban J connectivity index is 1.84. The lowest BCUT2D eigenvalue weighted by molar-refractivity contribution is 0.307. The van der Waals surface area contributed by atoms with Crippen LogP contribution in [0.25, 0.3) is 21.7 Å². The maximum atomic E-state index is 11.9. The molecule has 0 bridgehead atoms. The molecule has 0 saturated carbocycles. The van der Waals surface area contributed by atoms with Gasteiger partial charge in [-0.05, 0) is 29.0 Å². The summed E-state index contributed by atoms with van der Waals surface area (Å²) in [6, 6.07) is 18.1. The van der Waals surface area contributed by atoms with Crippen molar-refractivity contribution < 1.29 is 9.15 Å². The van der Waals surface area contributed by atoms with E-state index >= 15 is 0 Å². The Morgan fingerprint density at radius 2 is 1.80 bits per heavy atom. The molecule has 0 unspecified atom stereocenters. The number of fused-ring (bicyclic) bond motifs is 3. The molecule has 0 aliphatic carbocycles. The average molecular weight is 371 g/mol. The second-order valence-corrected chi connectivity index (χ2v) is 6.46. The van der Waals surface area contributed by atoms with E-state index in [1.54, 1.807) is 24.3 Å². The van der Waals surface area contributed by atoms with Crippen molar-refractivity contribution in [2.75, 3.05) is 0 Å². The van der Waals surface area contributed by atoms with Crippen LogP contribution in [-0.2, 0) is 6.61 Å². The first-order valence-corrected chi connectivity index (χ1v) is 8.40. The predicted octanol–water partition coefficient (Wildman–Crippen LogP) is 5.83. The monoisotopic (exact) mass is 370 g/mol. The molecule has 0 aliphatic heterocycles. The molecule has 0 amide bonds. The van der Waals surface area contributed by atoms with Gasteiger partial charge in [0.05, 0.1) is 5.02 Å². The van der Waals surface area contributed by atoms with Crippen molar-refractivity contribution in [3.8, 4) is 5.75 Å². The Hall–Kier alpha value is -2.49. The second kappa shape index (κ2) is 6.43. The minimum absolute atomic E-state index is 0.177. The van der Waals surface area contributed by atoms with E-state index in [2.05, 4.69) is 0 Å². The van der Waals surface area contributed by atoms with Crippen molar-refractivity contribution in [1.82, 2.24) is 0 Å². The van der Waals surface area contributed by atoms with Crippen molar-refractivity contribution >= 4 is 44.9 Å². The first-order valence-electron chi connectivity index (χ1n) is 7.64. The molecule has 0 N–H and O–H groups in total. The third-order valence-corrected chi connectivity index (χ3v) is 4.54. The van der Waals surface area contributed by atoms with Crippen molar-refractivity contribution in [2.24, 2.45) is 0 Å². The van der Waals surface area contributed by atoms with E-state index in [4.69, 9.17) is 32.4 Å². The molecular formula is C20H12Cl2O3. The lowest BCUT2D eigenvalue weighted by atomic mass is 10.0. The van der Waals surface area contributed by atoms with Crippen LogP contribution in [-0.4, -0.2) is 0 Å². The normalized spacial score (nSPS) is 11.1. The van der Waals surface area contributed by atoms with Gasteiger partial charge >= 0.3 is 5.63 Å². The van der Waals surface area contributed by atoms with Gasteiger partial charge in [-0.3, -0.25) is 0 Å². The summed E-state index contributed by atoms with van der Waals surface area (Å²) in [6.07, 6.45) is 0. The molecule has 4 rings (SSSR count). The Kier molecular flexibility index (Phi) is 4.12. The molecule has 3 aromatic carbocycles. The Labute approximate surface area is 153 Å². The number of ether oxygens (including phenoxy) is 1. The molecule has 5 heteroatoms. The van der Waals surface area contributed by atoms with Crippen molar-refractivity contribution in [3.63, 3.8) is 0 Å². The third kappa shape index (κ3) is 3.09. The number of hydrogen-bond acceptors (Lipinski definition) is 3.